The quantitative estimate of drug-likeness (QED) is 0.638. The number of nitro benzene ring substituents is 1. The van der Waals surface area contributed by atoms with Crippen LogP contribution in [0.2, 0.25) is 0 Å². The van der Waals surface area contributed by atoms with Gasteiger partial charge < -0.3 is 5.32 Å². The molecular weight excluding hydrogens is 294 g/mol. The summed E-state index contributed by atoms with van der Waals surface area (Å²) in [5, 5.41) is 27.3. The van der Waals surface area contributed by atoms with Gasteiger partial charge in [0, 0.05) is 30.8 Å². The zero-order valence-electron chi connectivity index (χ0n) is 11.2. The Morgan fingerprint density at radius 1 is 1.14 bits per heavy atom. The van der Waals surface area contributed by atoms with Gasteiger partial charge in [0.1, 0.15) is 12.4 Å². The van der Waals surface area contributed by atoms with Gasteiger partial charge in [0.2, 0.25) is 5.91 Å². The van der Waals surface area contributed by atoms with E-state index in [0.29, 0.717) is 5.69 Å². The molecular formula is C12H11N5O5. The molecule has 0 saturated carbocycles. The number of carbonyl (C=O) groups is 1. The molecule has 0 spiro atoms. The number of aromatic nitrogens is 2. The maximum atomic E-state index is 11.7. The molecule has 2 rings (SSSR count). The van der Waals surface area contributed by atoms with Crippen LogP contribution in [-0.4, -0.2) is 25.5 Å². The van der Waals surface area contributed by atoms with Gasteiger partial charge in [-0.25, -0.2) is 0 Å². The van der Waals surface area contributed by atoms with Crippen molar-refractivity contribution in [2.45, 2.75) is 13.0 Å². The number of aryl methyl sites for hydroxylation is 1. The maximum absolute atomic E-state index is 11.7. The minimum atomic E-state index is -0.569. The Morgan fingerprint density at radius 3 is 2.32 bits per heavy atom. The van der Waals surface area contributed by atoms with E-state index in [1.807, 2.05) is 0 Å². The number of rotatable bonds is 6. The van der Waals surface area contributed by atoms with Gasteiger partial charge in [-0.15, -0.1) is 0 Å². The van der Waals surface area contributed by atoms with Crippen LogP contribution >= 0.6 is 0 Å². The Bertz CT molecular complexity index is 709. The van der Waals surface area contributed by atoms with E-state index in [1.54, 1.807) is 0 Å². The summed E-state index contributed by atoms with van der Waals surface area (Å²) in [7, 11) is 0. The molecule has 1 heterocycles. The molecule has 10 nitrogen and oxygen atoms in total. The van der Waals surface area contributed by atoms with Crippen LogP contribution in [0.3, 0.4) is 0 Å². The van der Waals surface area contributed by atoms with E-state index in [2.05, 4.69) is 10.4 Å². The molecule has 0 bridgehead atoms. The van der Waals surface area contributed by atoms with Gasteiger partial charge in [-0.05, 0) is 12.1 Å². The maximum Gasteiger partial charge on any atom is 0.306 e. The van der Waals surface area contributed by atoms with Gasteiger partial charge in [-0.1, -0.05) is 0 Å². The highest BCUT2D eigenvalue weighted by Crippen LogP contribution is 2.15. The molecule has 0 aliphatic heterocycles. The van der Waals surface area contributed by atoms with Crippen molar-refractivity contribution in [2.75, 3.05) is 5.32 Å². The topological polar surface area (TPSA) is 133 Å². The number of hydrogen-bond donors (Lipinski definition) is 1. The monoisotopic (exact) mass is 305 g/mol. The van der Waals surface area contributed by atoms with Crippen molar-refractivity contribution in [1.82, 2.24) is 9.78 Å². The third-order valence-corrected chi connectivity index (χ3v) is 2.76. The second-order valence-electron chi connectivity index (χ2n) is 4.32. The molecule has 10 heteroatoms. The Balaban J connectivity index is 1.87. The van der Waals surface area contributed by atoms with E-state index in [4.69, 9.17) is 0 Å². The van der Waals surface area contributed by atoms with Crippen molar-refractivity contribution in [3.63, 3.8) is 0 Å². The van der Waals surface area contributed by atoms with Crippen LogP contribution < -0.4 is 5.32 Å². The number of nitro groups is 2. The average Bonchev–Trinajstić information content (AvgIpc) is 2.95. The summed E-state index contributed by atoms with van der Waals surface area (Å²) in [6.07, 6.45) is 2.41. The molecule has 0 fully saturated rings. The van der Waals surface area contributed by atoms with Gasteiger partial charge in [0.25, 0.3) is 5.69 Å². The fraction of sp³-hybridized carbons (Fsp3) is 0.167. The van der Waals surface area contributed by atoms with Crippen molar-refractivity contribution in [2.24, 2.45) is 0 Å². The summed E-state index contributed by atoms with van der Waals surface area (Å²) in [5.41, 5.74) is 0.222. The first kappa shape index (κ1) is 15.1. The lowest BCUT2D eigenvalue weighted by Gasteiger charge is -2.05. The number of nitrogens with zero attached hydrogens (tertiary/aromatic N) is 4. The Kier molecular flexibility index (Phi) is 4.41. The molecule has 0 radical (unpaired) electrons. The van der Waals surface area contributed by atoms with Crippen LogP contribution in [0, 0.1) is 20.2 Å². The first-order chi connectivity index (χ1) is 10.5. The lowest BCUT2D eigenvalue weighted by Crippen LogP contribution is -2.14. The smallest absolute Gasteiger partial charge is 0.306 e. The zero-order chi connectivity index (χ0) is 16.1. The molecule has 114 valence electrons. The second-order valence-corrected chi connectivity index (χ2v) is 4.32. The van der Waals surface area contributed by atoms with Gasteiger partial charge in [0.05, 0.1) is 9.85 Å². The standard InChI is InChI=1S/C12H11N5O5/c18-12(5-6-15-8-11(7-13-15)17(21)22)14-9-1-3-10(4-2-9)16(19)20/h1-4,7-8H,5-6H2,(H,14,18). The number of anilines is 1. The highest BCUT2D eigenvalue weighted by molar-refractivity contribution is 5.90. The third kappa shape index (κ3) is 3.85. The number of benzene rings is 1. The van der Waals surface area contributed by atoms with Crippen molar-refractivity contribution in [3.8, 4) is 0 Å². The van der Waals surface area contributed by atoms with Gasteiger partial charge in [-0.3, -0.25) is 29.7 Å². The normalized spacial score (nSPS) is 10.2. The Hall–Kier alpha value is -3.30. The number of hydrogen-bond acceptors (Lipinski definition) is 6. The van der Waals surface area contributed by atoms with E-state index >= 15 is 0 Å². The van der Waals surface area contributed by atoms with Crippen LogP contribution in [0.15, 0.2) is 36.7 Å². The summed E-state index contributed by atoms with van der Waals surface area (Å²) < 4.78 is 1.30. The van der Waals surface area contributed by atoms with Crippen molar-refractivity contribution in [1.29, 1.82) is 0 Å². The van der Waals surface area contributed by atoms with E-state index in [1.165, 1.54) is 35.1 Å². The van der Waals surface area contributed by atoms with E-state index in [-0.39, 0.29) is 30.2 Å². The number of amides is 1. The molecule has 2 aromatic rings. The lowest BCUT2D eigenvalue weighted by atomic mass is 10.2. The Morgan fingerprint density at radius 2 is 1.77 bits per heavy atom. The minimum Gasteiger partial charge on any atom is -0.326 e. The second kappa shape index (κ2) is 6.43. The van der Waals surface area contributed by atoms with Crippen LogP contribution in [-0.2, 0) is 11.3 Å². The van der Waals surface area contributed by atoms with Crippen LogP contribution in [0.1, 0.15) is 6.42 Å². The van der Waals surface area contributed by atoms with Gasteiger partial charge in [-0.2, -0.15) is 5.10 Å². The molecule has 22 heavy (non-hydrogen) atoms. The van der Waals surface area contributed by atoms with Crippen LogP contribution in [0.5, 0.6) is 0 Å². The molecule has 1 aromatic carbocycles. The fourth-order valence-corrected chi connectivity index (χ4v) is 1.68. The number of non-ortho nitro benzene ring substituents is 1. The number of nitrogens with one attached hydrogen (secondary N) is 1. The summed E-state index contributed by atoms with van der Waals surface area (Å²) in [6, 6.07) is 5.42. The molecule has 0 saturated heterocycles. The molecule has 0 aliphatic carbocycles. The molecule has 0 atom stereocenters. The summed E-state index contributed by atoms with van der Waals surface area (Å²) in [5.74, 6) is -0.327. The van der Waals surface area contributed by atoms with E-state index < -0.39 is 9.85 Å². The number of carbonyl (C=O) groups excluding carboxylic acids is 1. The molecule has 0 unspecified atom stereocenters. The predicted molar refractivity (Wildman–Crippen MR) is 75.2 cm³/mol. The van der Waals surface area contributed by atoms with Crippen molar-refractivity contribution < 1.29 is 14.6 Å². The summed E-state index contributed by atoms with van der Waals surface area (Å²) in [4.78, 5) is 31.6. The minimum absolute atomic E-state index is 0.0653. The SMILES string of the molecule is O=C(CCn1cc([N+](=O)[O-])cn1)Nc1ccc([N+](=O)[O-])cc1. The molecule has 1 amide bonds. The molecule has 1 aromatic heterocycles. The predicted octanol–water partition coefficient (Wildman–Crippen LogP) is 1.73. The first-order valence-corrected chi connectivity index (χ1v) is 6.17. The first-order valence-electron chi connectivity index (χ1n) is 6.17. The van der Waals surface area contributed by atoms with Gasteiger partial charge >= 0.3 is 5.69 Å². The van der Waals surface area contributed by atoms with Gasteiger partial charge in [0.15, 0.2) is 0 Å². The highest BCUT2D eigenvalue weighted by Gasteiger charge is 2.10. The summed E-state index contributed by atoms with van der Waals surface area (Å²) in [6.45, 7) is 0.187. The average molecular weight is 305 g/mol. The Labute approximate surface area is 123 Å². The molecule has 1 N–H and O–H groups in total. The largest absolute Gasteiger partial charge is 0.326 e. The fourth-order valence-electron chi connectivity index (χ4n) is 1.68. The van der Waals surface area contributed by atoms with Crippen LogP contribution in [0.25, 0.3) is 0 Å². The summed E-state index contributed by atoms with van der Waals surface area (Å²) >= 11 is 0. The zero-order valence-corrected chi connectivity index (χ0v) is 11.2. The van der Waals surface area contributed by atoms with E-state index in [0.717, 1.165) is 6.20 Å². The van der Waals surface area contributed by atoms with Crippen molar-refractivity contribution >= 4 is 23.0 Å². The third-order valence-electron chi connectivity index (χ3n) is 2.76. The van der Waals surface area contributed by atoms with E-state index in [9.17, 15) is 25.0 Å². The van der Waals surface area contributed by atoms with Crippen LogP contribution in [0.4, 0.5) is 17.1 Å². The van der Waals surface area contributed by atoms with Crippen molar-refractivity contribution in [3.05, 3.63) is 56.9 Å². The lowest BCUT2D eigenvalue weighted by molar-refractivity contribution is -0.385. The highest BCUT2D eigenvalue weighted by atomic mass is 16.6. The molecule has 0 aliphatic rings.